The zero-order chi connectivity index (χ0) is 11.5. The Morgan fingerprint density at radius 2 is 2.00 bits per heavy atom. The summed E-state index contributed by atoms with van der Waals surface area (Å²) in [6, 6.07) is 0.502. The Kier molecular flexibility index (Phi) is 3.79. The number of rotatable bonds is 6. The number of aromatic nitrogens is 2. The Labute approximate surface area is 102 Å². The van der Waals surface area contributed by atoms with Crippen LogP contribution in [-0.4, -0.2) is 16.2 Å². The first-order valence-corrected chi connectivity index (χ1v) is 7.06. The van der Waals surface area contributed by atoms with Crippen molar-refractivity contribution in [3.63, 3.8) is 0 Å². The van der Waals surface area contributed by atoms with Gasteiger partial charge in [-0.15, -0.1) is 10.2 Å². The maximum atomic E-state index is 4.23. The predicted molar refractivity (Wildman–Crippen MR) is 69.0 cm³/mol. The van der Waals surface area contributed by atoms with Gasteiger partial charge in [0.25, 0.3) is 0 Å². The number of nitrogens with zero attached hydrogens (tertiary/aromatic N) is 2. The molecule has 1 N–H and O–H groups in total. The second-order valence-electron chi connectivity index (χ2n) is 5.24. The first kappa shape index (κ1) is 11.8. The minimum absolute atomic E-state index is 0.502. The fraction of sp³-hybridized carbons (Fsp3) is 0.833. The molecule has 0 spiro atoms. The van der Waals surface area contributed by atoms with Crippen molar-refractivity contribution in [2.75, 3.05) is 5.32 Å². The van der Waals surface area contributed by atoms with Gasteiger partial charge in [-0.25, -0.2) is 0 Å². The molecule has 1 heterocycles. The first-order valence-electron chi connectivity index (χ1n) is 6.25. The average Bonchev–Trinajstić information content (AvgIpc) is 2.98. The van der Waals surface area contributed by atoms with Crippen molar-refractivity contribution in [2.45, 2.75) is 58.4 Å². The Bertz CT molecular complexity index is 331. The molecular formula is C12H21N3S. The van der Waals surface area contributed by atoms with E-state index in [4.69, 9.17) is 0 Å². The van der Waals surface area contributed by atoms with Crippen molar-refractivity contribution in [1.82, 2.24) is 10.2 Å². The van der Waals surface area contributed by atoms with Crippen molar-refractivity contribution in [3.8, 4) is 0 Å². The van der Waals surface area contributed by atoms with E-state index in [1.807, 2.05) is 0 Å². The fourth-order valence-corrected chi connectivity index (χ4v) is 2.68. The third-order valence-corrected chi connectivity index (χ3v) is 3.93. The lowest BCUT2D eigenvalue weighted by Crippen LogP contribution is -2.15. The molecule has 16 heavy (non-hydrogen) atoms. The van der Waals surface area contributed by atoms with E-state index in [1.165, 1.54) is 30.7 Å². The minimum Gasteiger partial charge on any atom is -0.358 e. The highest BCUT2D eigenvalue weighted by molar-refractivity contribution is 7.15. The molecule has 1 aromatic heterocycles. The van der Waals surface area contributed by atoms with E-state index in [0.717, 1.165) is 17.0 Å². The lowest BCUT2D eigenvalue weighted by molar-refractivity contribution is 0.527. The van der Waals surface area contributed by atoms with E-state index in [-0.39, 0.29) is 0 Å². The average molecular weight is 239 g/mol. The fourth-order valence-electron chi connectivity index (χ4n) is 1.65. The highest BCUT2D eigenvalue weighted by atomic mass is 32.1. The Morgan fingerprint density at radius 1 is 1.25 bits per heavy atom. The molecule has 4 heteroatoms. The molecule has 0 aromatic carbocycles. The van der Waals surface area contributed by atoms with E-state index in [1.54, 1.807) is 11.3 Å². The zero-order valence-electron chi connectivity index (χ0n) is 10.4. The molecule has 0 bridgehead atoms. The van der Waals surface area contributed by atoms with Gasteiger partial charge in [0, 0.05) is 12.0 Å². The largest absolute Gasteiger partial charge is 0.358 e. The van der Waals surface area contributed by atoms with Gasteiger partial charge in [-0.2, -0.15) is 0 Å². The van der Waals surface area contributed by atoms with Crippen LogP contribution in [0, 0.1) is 5.92 Å². The van der Waals surface area contributed by atoms with Gasteiger partial charge in [-0.1, -0.05) is 25.2 Å². The highest BCUT2D eigenvalue weighted by Crippen LogP contribution is 2.42. The highest BCUT2D eigenvalue weighted by Gasteiger charge is 2.27. The van der Waals surface area contributed by atoms with Crippen LogP contribution in [0.1, 0.15) is 57.4 Å². The molecule has 1 aromatic rings. The molecule has 0 aliphatic heterocycles. The van der Waals surface area contributed by atoms with Gasteiger partial charge in [-0.3, -0.25) is 0 Å². The van der Waals surface area contributed by atoms with Gasteiger partial charge >= 0.3 is 0 Å². The summed E-state index contributed by atoms with van der Waals surface area (Å²) in [7, 11) is 0. The molecule has 0 amide bonds. The summed E-state index contributed by atoms with van der Waals surface area (Å²) in [5.41, 5.74) is 0. The number of hydrogen-bond acceptors (Lipinski definition) is 4. The second kappa shape index (κ2) is 5.13. The number of anilines is 1. The smallest absolute Gasteiger partial charge is 0.205 e. The van der Waals surface area contributed by atoms with Crippen LogP contribution >= 0.6 is 11.3 Å². The van der Waals surface area contributed by atoms with Crippen molar-refractivity contribution in [1.29, 1.82) is 0 Å². The van der Waals surface area contributed by atoms with Crippen LogP contribution in [0.25, 0.3) is 0 Å². The Hall–Kier alpha value is -0.640. The van der Waals surface area contributed by atoms with Crippen molar-refractivity contribution < 1.29 is 0 Å². The van der Waals surface area contributed by atoms with Crippen LogP contribution in [0.3, 0.4) is 0 Å². The Morgan fingerprint density at radius 3 is 2.62 bits per heavy atom. The standard InChI is InChI=1S/C12H21N3S/c1-8(2)4-5-9(3)13-12-15-14-11(16-12)10-6-7-10/h8-10H,4-7H2,1-3H3,(H,13,15). The van der Waals surface area contributed by atoms with Crippen LogP contribution in [0.2, 0.25) is 0 Å². The quantitative estimate of drug-likeness (QED) is 0.823. The lowest BCUT2D eigenvalue weighted by atomic mass is 10.0. The maximum absolute atomic E-state index is 4.23. The molecule has 1 fully saturated rings. The van der Waals surface area contributed by atoms with Crippen molar-refractivity contribution in [3.05, 3.63) is 5.01 Å². The topological polar surface area (TPSA) is 37.8 Å². The molecule has 3 nitrogen and oxygen atoms in total. The minimum atomic E-state index is 0.502. The summed E-state index contributed by atoms with van der Waals surface area (Å²) in [6.45, 7) is 6.76. The summed E-state index contributed by atoms with van der Waals surface area (Å²) < 4.78 is 0. The third-order valence-electron chi connectivity index (χ3n) is 2.91. The summed E-state index contributed by atoms with van der Waals surface area (Å²) >= 11 is 1.73. The summed E-state index contributed by atoms with van der Waals surface area (Å²) in [4.78, 5) is 0. The predicted octanol–water partition coefficient (Wildman–Crippen LogP) is 3.65. The van der Waals surface area contributed by atoms with Gasteiger partial charge in [0.15, 0.2) is 0 Å². The van der Waals surface area contributed by atoms with Gasteiger partial charge in [0.05, 0.1) is 0 Å². The van der Waals surface area contributed by atoms with Crippen LogP contribution in [0.15, 0.2) is 0 Å². The summed E-state index contributed by atoms with van der Waals surface area (Å²) in [5.74, 6) is 1.50. The number of nitrogens with one attached hydrogen (secondary N) is 1. The van der Waals surface area contributed by atoms with Crippen LogP contribution in [-0.2, 0) is 0 Å². The van der Waals surface area contributed by atoms with Gasteiger partial charge in [-0.05, 0) is 38.5 Å². The Balaban J connectivity index is 1.78. The van der Waals surface area contributed by atoms with Crippen LogP contribution in [0.5, 0.6) is 0 Å². The zero-order valence-corrected chi connectivity index (χ0v) is 11.2. The molecule has 1 atom stereocenters. The molecule has 1 aliphatic rings. The molecule has 0 radical (unpaired) electrons. The van der Waals surface area contributed by atoms with Crippen molar-refractivity contribution in [2.24, 2.45) is 5.92 Å². The normalized spacial score (nSPS) is 17.8. The van der Waals surface area contributed by atoms with Crippen molar-refractivity contribution >= 4 is 16.5 Å². The molecule has 1 unspecified atom stereocenters. The molecule has 2 rings (SSSR count). The first-order chi connectivity index (χ1) is 7.65. The number of hydrogen-bond donors (Lipinski definition) is 1. The second-order valence-corrected chi connectivity index (χ2v) is 6.25. The third kappa shape index (κ3) is 3.44. The lowest BCUT2D eigenvalue weighted by Gasteiger charge is -2.13. The van der Waals surface area contributed by atoms with E-state index >= 15 is 0 Å². The van der Waals surface area contributed by atoms with Gasteiger partial charge in [0.2, 0.25) is 5.13 Å². The monoisotopic (exact) mass is 239 g/mol. The van der Waals surface area contributed by atoms with E-state index in [2.05, 4.69) is 36.3 Å². The summed E-state index contributed by atoms with van der Waals surface area (Å²) in [6.07, 6.45) is 5.08. The molecule has 1 saturated carbocycles. The van der Waals surface area contributed by atoms with E-state index in [9.17, 15) is 0 Å². The van der Waals surface area contributed by atoms with Gasteiger partial charge in [0.1, 0.15) is 5.01 Å². The maximum Gasteiger partial charge on any atom is 0.205 e. The molecule has 1 aliphatic carbocycles. The van der Waals surface area contributed by atoms with Crippen LogP contribution in [0.4, 0.5) is 5.13 Å². The van der Waals surface area contributed by atoms with E-state index in [0.29, 0.717) is 6.04 Å². The van der Waals surface area contributed by atoms with E-state index < -0.39 is 0 Å². The molecular weight excluding hydrogens is 218 g/mol. The molecule has 0 saturated heterocycles. The molecule has 90 valence electrons. The van der Waals surface area contributed by atoms with Crippen LogP contribution < -0.4 is 5.32 Å². The van der Waals surface area contributed by atoms with Gasteiger partial charge < -0.3 is 5.32 Å². The SMILES string of the molecule is CC(C)CCC(C)Nc1nnc(C2CC2)s1. The summed E-state index contributed by atoms with van der Waals surface area (Å²) in [5, 5.41) is 14.1.